The predicted molar refractivity (Wildman–Crippen MR) is 76.2 cm³/mol. The first-order chi connectivity index (χ1) is 9.69. The summed E-state index contributed by atoms with van der Waals surface area (Å²) >= 11 is 0. The van der Waals surface area contributed by atoms with Gasteiger partial charge < -0.3 is 22.5 Å². The Morgan fingerprint density at radius 2 is 1.86 bits per heavy atom. The summed E-state index contributed by atoms with van der Waals surface area (Å²) in [5.74, 6) is 0.764. The van der Waals surface area contributed by atoms with E-state index in [1.807, 2.05) is 60.3 Å². The summed E-state index contributed by atoms with van der Waals surface area (Å²) in [5.41, 5.74) is 2.15. The van der Waals surface area contributed by atoms with E-state index in [4.69, 9.17) is 4.74 Å². The van der Waals surface area contributed by atoms with Crippen molar-refractivity contribution in [3.05, 3.63) is 59.9 Å². The Morgan fingerprint density at radius 3 is 2.52 bits per heavy atom. The second kappa shape index (κ2) is 8.27. The minimum absolute atomic E-state index is 0. The van der Waals surface area contributed by atoms with Gasteiger partial charge in [0.05, 0.1) is 7.11 Å². The Hall–Kier alpha value is -2.07. The van der Waals surface area contributed by atoms with Crippen molar-refractivity contribution >= 4 is 5.91 Å². The molecule has 1 amide bonds. The second-order valence-corrected chi connectivity index (χ2v) is 4.64. The minimum Gasteiger partial charge on any atom is -1.00 e. The van der Waals surface area contributed by atoms with E-state index in [0.717, 1.165) is 11.3 Å². The molecule has 1 N–H and O–H groups in total. The molecule has 2 aromatic rings. The molecule has 1 heterocycles. The average molecular weight is 307 g/mol. The van der Waals surface area contributed by atoms with E-state index in [9.17, 15) is 4.79 Å². The number of carbonyl (C=O) groups is 1. The number of ether oxygens (including phenoxy) is 1. The molecule has 0 saturated carbocycles. The molecule has 0 fully saturated rings. The number of carbonyl (C=O) groups excluding carboxylic acids is 1. The topological polar surface area (TPSA) is 42.2 Å². The molecule has 4 nitrogen and oxygen atoms in total. The highest BCUT2D eigenvalue weighted by atomic mass is 35.5. The lowest BCUT2D eigenvalue weighted by Crippen LogP contribution is -3.00. The van der Waals surface area contributed by atoms with Gasteiger partial charge in [-0.15, -0.1) is 0 Å². The van der Waals surface area contributed by atoms with Crippen LogP contribution in [0.3, 0.4) is 0 Å². The molecular formula is C16H19ClN2O2. The molecule has 0 atom stereocenters. The SMILES string of the molecule is COc1ccccc1CNC(=O)C[n+]1ccc(C)cc1.[Cl-]. The lowest BCUT2D eigenvalue weighted by atomic mass is 10.2. The molecule has 0 bridgehead atoms. The van der Waals surface area contributed by atoms with Crippen LogP contribution in [-0.4, -0.2) is 13.0 Å². The number of aryl methyl sites for hydroxylation is 1. The number of pyridine rings is 1. The van der Waals surface area contributed by atoms with Crippen molar-refractivity contribution in [1.29, 1.82) is 0 Å². The number of methoxy groups -OCH3 is 1. The van der Waals surface area contributed by atoms with Crippen molar-refractivity contribution in [2.24, 2.45) is 0 Å². The zero-order valence-electron chi connectivity index (χ0n) is 12.2. The maximum Gasteiger partial charge on any atom is 0.286 e. The second-order valence-electron chi connectivity index (χ2n) is 4.64. The monoisotopic (exact) mass is 306 g/mol. The summed E-state index contributed by atoms with van der Waals surface area (Å²) in [7, 11) is 1.63. The van der Waals surface area contributed by atoms with Gasteiger partial charge in [0.15, 0.2) is 12.4 Å². The van der Waals surface area contributed by atoms with Gasteiger partial charge in [0.2, 0.25) is 6.54 Å². The molecule has 5 heteroatoms. The molecule has 112 valence electrons. The third-order valence-corrected chi connectivity index (χ3v) is 3.05. The highest BCUT2D eigenvalue weighted by Gasteiger charge is 2.09. The maximum absolute atomic E-state index is 11.9. The van der Waals surface area contributed by atoms with Crippen molar-refractivity contribution in [2.75, 3.05) is 7.11 Å². The van der Waals surface area contributed by atoms with Gasteiger partial charge in [0.1, 0.15) is 5.75 Å². The van der Waals surface area contributed by atoms with Crippen LogP contribution in [0.1, 0.15) is 11.1 Å². The number of nitrogens with zero attached hydrogens (tertiary/aromatic N) is 1. The predicted octanol–water partition coefficient (Wildman–Crippen LogP) is -1.39. The first-order valence-electron chi connectivity index (χ1n) is 6.53. The number of nitrogens with one attached hydrogen (secondary N) is 1. The van der Waals surface area contributed by atoms with Crippen molar-refractivity contribution in [2.45, 2.75) is 20.0 Å². The number of aromatic nitrogens is 1. The number of benzene rings is 1. The maximum atomic E-state index is 11.9. The Kier molecular flexibility index (Phi) is 6.69. The van der Waals surface area contributed by atoms with Gasteiger partial charge >= 0.3 is 0 Å². The number of para-hydroxylation sites is 1. The fourth-order valence-electron chi connectivity index (χ4n) is 1.90. The van der Waals surface area contributed by atoms with Gasteiger partial charge in [0.25, 0.3) is 5.91 Å². The molecule has 0 aliphatic rings. The van der Waals surface area contributed by atoms with E-state index in [2.05, 4.69) is 5.32 Å². The van der Waals surface area contributed by atoms with Crippen molar-refractivity contribution < 1.29 is 26.5 Å². The fourth-order valence-corrected chi connectivity index (χ4v) is 1.90. The molecule has 0 spiro atoms. The van der Waals surface area contributed by atoms with Gasteiger partial charge in [-0.1, -0.05) is 18.2 Å². The number of hydrogen-bond donors (Lipinski definition) is 1. The van der Waals surface area contributed by atoms with Gasteiger partial charge in [-0.25, -0.2) is 0 Å². The number of halogens is 1. The summed E-state index contributed by atoms with van der Waals surface area (Å²) in [6, 6.07) is 11.6. The zero-order chi connectivity index (χ0) is 14.4. The van der Waals surface area contributed by atoms with Gasteiger partial charge in [-0.3, -0.25) is 4.79 Å². The quantitative estimate of drug-likeness (QED) is 0.691. The molecule has 21 heavy (non-hydrogen) atoms. The lowest BCUT2D eigenvalue weighted by Gasteiger charge is -2.08. The summed E-state index contributed by atoms with van der Waals surface area (Å²) < 4.78 is 7.10. The van der Waals surface area contributed by atoms with E-state index >= 15 is 0 Å². The molecule has 2 rings (SSSR count). The van der Waals surface area contributed by atoms with Crippen LogP contribution in [-0.2, 0) is 17.9 Å². The Morgan fingerprint density at radius 1 is 1.19 bits per heavy atom. The molecule has 1 aromatic heterocycles. The highest BCUT2D eigenvalue weighted by molar-refractivity contribution is 5.74. The van der Waals surface area contributed by atoms with Crippen LogP contribution in [0.4, 0.5) is 0 Å². The van der Waals surface area contributed by atoms with Crippen molar-refractivity contribution in [3.8, 4) is 5.75 Å². The Balaban J connectivity index is 0.00000220. The van der Waals surface area contributed by atoms with Crippen LogP contribution in [0.15, 0.2) is 48.8 Å². The number of hydrogen-bond acceptors (Lipinski definition) is 2. The fraction of sp³-hybridized carbons (Fsp3) is 0.250. The minimum atomic E-state index is -0.0234. The summed E-state index contributed by atoms with van der Waals surface area (Å²) in [5, 5.41) is 2.90. The van der Waals surface area contributed by atoms with Gasteiger partial charge in [-0.05, 0) is 18.6 Å². The van der Waals surface area contributed by atoms with E-state index in [0.29, 0.717) is 13.1 Å². The first-order valence-corrected chi connectivity index (χ1v) is 6.53. The molecule has 0 unspecified atom stereocenters. The largest absolute Gasteiger partial charge is 1.00 e. The zero-order valence-corrected chi connectivity index (χ0v) is 12.9. The smallest absolute Gasteiger partial charge is 0.286 e. The third-order valence-electron chi connectivity index (χ3n) is 3.05. The van der Waals surface area contributed by atoms with Gasteiger partial charge in [0, 0.05) is 24.2 Å². The van der Waals surface area contributed by atoms with Gasteiger partial charge in [-0.2, -0.15) is 4.57 Å². The lowest BCUT2D eigenvalue weighted by molar-refractivity contribution is -0.684. The molecule has 0 aliphatic heterocycles. The van der Waals surface area contributed by atoms with Crippen LogP contribution < -0.4 is 27.0 Å². The van der Waals surface area contributed by atoms with Crippen molar-refractivity contribution in [1.82, 2.24) is 5.32 Å². The molecule has 0 aliphatic carbocycles. The normalized spacial score (nSPS) is 9.62. The standard InChI is InChI=1S/C16H18N2O2.ClH/c1-13-7-9-18(10-8-13)12-16(19)17-11-14-5-3-4-6-15(14)20-2;/h3-10H,11-12H2,1-2H3;1H. The molecule has 0 saturated heterocycles. The highest BCUT2D eigenvalue weighted by Crippen LogP contribution is 2.16. The molecule has 1 aromatic carbocycles. The average Bonchev–Trinajstić information content (AvgIpc) is 2.48. The number of amides is 1. The van der Waals surface area contributed by atoms with E-state index < -0.39 is 0 Å². The van der Waals surface area contributed by atoms with E-state index in [1.54, 1.807) is 7.11 Å². The Bertz CT molecular complexity index is 585. The van der Waals surface area contributed by atoms with Crippen LogP contribution in [0.5, 0.6) is 5.75 Å². The first kappa shape index (κ1) is 17.0. The van der Waals surface area contributed by atoms with Crippen LogP contribution in [0, 0.1) is 6.92 Å². The summed E-state index contributed by atoms with van der Waals surface area (Å²) in [4.78, 5) is 11.9. The Labute approximate surface area is 131 Å². The summed E-state index contributed by atoms with van der Waals surface area (Å²) in [6.07, 6.45) is 3.80. The third kappa shape index (κ3) is 5.08. The summed E-state index contributed by atoms with van der Waals surface area (Å²) in [6.45, 7) is 2.80. The van der Waals surface area contributed by atoms with E-state index in [-0.39, 0.29) is 18.3 Å². The molecular weight excluding hydrogens is 288 g/mol. The van der Waals surface area contributed by atoms with Crippen LogP contribution >= 0.6 is 0 Å². The van der Waals surface area contributed by atoms with Crippen molar-refractivity contribution in [3.63, 3.8) is 0 Å². The van der Waals surface area contributed by atoms with Crippen LogP contribution in [0.25, 0.3) is 0 Å². The van der Waals surface area contributed by atoms with Crippen LogP contribution in [0.2, 0.25) is 0 Å². The number of rotatable bonds is 5. The molecule has 0 radical (unpaired) electrons. The van der Waals surface area contributed by atoms with E-state index in [1.165, 1.54) is 5.56 Å².